The third-order valence-electron chi connectivity index (χ3n) is 6.05. The highest BCUT2D eigenvalue weighted by atomic mass is 32.2. The van der Waals surface area contributed by atoms with Crippen molar-refractivity contribution in [2.24, 2.45) is 4.99 Å². The summed E-state index contributed by atoms with van der Waals surface area (Å²) in [5.41, 5.74) is 1.15. The number of hydrogen-bond donors (Lipinski definition) is 2. The molecule has 3 unspecified atom stereocenters. The lowest BCUT2D eigenvalue weighted by molar-refractivity contribution is 0.413. The Labute approximate surface area is 178 Å². The molecule has 1 saturated heterocycles. The van der Waals surface area contributed by atoms with E-state index in [1.807, 2.05) is 13.1 Å². The zero-order valence-corrected chi connectivity index (χ0v) is 18.8. The van der Waals surface area contributed by atoms with Crippen molar-refractivity contribution in [1.82, 2.24) is 15.6 Å². The lowest BCUT2D eigenvalue weighted by Gasteiger charge is -2.30. The van der Waals surface area contributed by atoms with E-state index in [-0.39, 0.29) is 0 Å². The van der Waals surface area contributed by atoms with Crippen LogP contribution in [0.3, 0.4) is 0 Å². The Hall–Kier alpha value is -1.63. The van der Waals surface area contributed by atoms with E-state index in [1.165, 1.54) is 25.7 Å². The van der Waals surface area contributed by atoms with Gasteiger partial charge in [0.15, 0.2) is 5.96 Å². The monoisotopic (exact) mass is 419 g/mol. The molecule has 0 radical (unpaired) electrons. The first-order valence-electron chi connectivity index (χ1n) is 11.2. The minimum absolute atomic E-state index is 0.320. The van der Waals surface area contributed by atoms with Crippen LogP contribution in [0.2, 0.25) is 0 Å². The van der Waals surface area contributed by atoms with Gasteiger partial charge in [0.2, 0.25) is 0 Å². The van der Waals surface area contributed by atoms with Crippen molar-refractivity contribution in [3.05, 3.63) is 23.9 Å². The summed E-state index contributed by atoms with van der Waals surface area (Å²) in [7, 11) is 1.10. The van der Waals surface area contributed by atoms with Gasteiger partial charge in [-0.25, -0.2) is 4.98 Å². The van der Waals surface area contributed by atoms with Crippen LogP contribution in [0.5, 0.6) is 0 Å². The molecule has 7 heteroatoms. The Morgan fingerprint density at radius 3 is 2.66 bits per heavy atom. The van der Waals surface area contributed by atoms with Gasteiger partial charge in [-0.15, -0.1) is 0 Å². The van der Waals surface area contributed by atoms with Gasteiger partial charge >= 0.3 is 0 Å². The third-order valence-corrected chi connectivity index (χ3v) is 7.79. The first-order valence-corrected chi connectivity index (χ1v) is 12.6. The molecular weight excluding hydrogens is 382 g/mol. The molecule has 1 aromatic heterocycles. The van der Waals surface area contributed by atoms with Gasteiger partial charge in [-0.3, -0.25) is 9.20 Å². The van der Waals surface area contributed by atoms with Crippen LogP contribution < -0.4 is 15.5 Å². The smallest absolute Gasteiger partial charge is 0.191 e. The molecule has 6 nitrogen and oxygen atoms in total. The van der Waals surface area contributed by atoms with E-state index >= 15 is 0 Å². The summed E-state index contributed by atoms with van der Waals surface area (Å²) in [6.45, 7) is 4.95. The average molecular weight is 420 g/mol. The van der Waals surface area contributed by atoms with Crippen LogP contribution in [0.15, 0.2) is 23.3 Å². The number of aromatic nitrogens is 1. The van der Waals surface area contributed by atoms with Crippen molar-refractivity contribution in [1.29, 1.82) is 0 Å². The third kappa shape index (κ3) is 6.69. The molecule has 29 heavy (non-hydrogen) atoms. The summed E-state index contributed by atoms with van der Waals surface area (Å²) in [5.74, 6) is 2.66. The van der Waals surface area contributed by atoms with Gasteiger partial charge < -0.3 is 15.5 Å². The molecule has 0 bridgehead atoms. The Morgan fingerprint density at radius 2 is 2.00 bits per heavy atom. The van der Waals surface area contributed by atoms with Crippen LogP contribution in [-0.2, 0) is 17.3 Å². The highest BCUT2D eigenvalue weighted by Gasteiger charge is 2.26. The maximum absolute atomic E-state index is 12.2. The molecule has 2 fully saturated rings. The SMILES string of the molecule is CCS(=O)C1CCCC(NC(=NC)NCc2ccc(N3CCCCCC3)nc2)C1. The van der Waals surface area contributed by atoms with Gasteiger partial charge in [0.25, 0.3) is 0 Å². The fraction of sp³-hybridized carbons (Fsp3) is 0.727. The number of anilines is 1. The standard InChI is InChI=1S/C22H37N5OS/c1-3-29(28)20-10-8-9-19(15-20)26-22(23-2)25-17-18-11-12-21(24-16-18)27-13-6-4-5-7-14-27/h11-12,16,19-20H,3-10,13-15,17H2,1-2H3,(H2,23,25,26). The topological polar surface area (TPSA) is 69.6 Å². The van der Waals surface area contributed by atoms with Gasteiger partial charge in [0.1, 0.15) is 5.82 Å². The van der Waals surface area contributed by atoms with Gasteiger partial charge in [-0.05, 0) is 43.7 Å². The molecule has 0 spiro atoms. The fourth-order valence-corrected chi connectivity index (χ4v) is 5.68. The molecule has 3 atom stereocenters. The van der Waals surface area contributed by atoms with Gasteiger partial charge in [-0.2, -0.15) is 0 Å². The van der Waals surface area contributed by atoms with E-state index in [0.29, 0.717) is 17.8 Å². The molecule has 1 aliphatic heterocycles. The molecule has 1 aliphatic carbocycles. The Balaban J connectivity index is 1.48. The van der Waals surface area contributed by atoms with Gasteiger partial charge in [0, 0.05) is 60.7 Å². The summed E-state index contributed by atoms with van der Waals surface area (Å²) in [6, 6.07) is 4.65. The largest absolute Gasteiger partial charge is 0.357 e. The normalized spacial score (nSPS) is 24.6. The van der Waals surface area contributed by atoms with Crippen LogP contribution in [0.1, 0.15) is 63.9 Å². The number of aliphatic imine (C=N–C) groups is 1. The molecule has 0 amide bonds. The van der Waals surface area contributed by atoms with Gasteiger partial charge in [-0.1, -0.05) is 32.3 Å². The number of rotatable bonds is 6. The van der Waals surface area contributed by atoms with Crippen molar-refractivity contribution < 1.29 is 4.21 Å². The summed E-state index contributed by atoms with van der Waals surface area (Å²) < 4.78 is 12.2. The van der Waals surface area contributed by atoms with E-state index in [9.17, 15) is 4.21 Å². The van der Waals surface area contributed by atoms with E-state index < -0.39 is 10.8 Å². The summed E-state index contributed by atoms with van der Waals surface area (Å²) >= 11 is 0. The van der Waals surface area contributed by atoms with Gasteiger partial charge in [0.05, 0.1) is 0 Å². The lowest BCUT2D eigenvalue weighted by atomic mass is 9.95. The van der Waals surface area contributed by atoms with E-state index in [1.54, 1.807) is 7.05 Å². The molecule has 162 valence electrons. The van der Waals surface area contributed by atoms with Crippen molar-refractivity contribution in [2.45, 2.75) is 76.1 Å². The van der Waals surface area contributed by atoms with Crippen molar-refractivity contribution in [3.8, 4) is 0 Å². The number of guanidine groups is 1. The van der Waals surface area contributed by atoms with Crippen LogP contribution >= 0.6 is 0 Å². The highest BCUT2D eigenvalue weighted by Crippen LogP contribution is 2.23. The summed E-state index contributed by atoms with van der Waals surface area (Å²) in [4.78, 5) is 11.5. The summed E-state index contributed by atoms with van der Waals surface area (Å²) in [6.07, 6.45) is 11.5. The number of nitrogens with one attached hydrogen (secondary N) is 2. The Morgan fingerprint density at radius 1 is 1.21 bits per heavy atom. The zero-order valence-electron chi connectivity index (χ0n) is 18.0. The lowest BCUT2D eigenvalue weighted by Crippen LogP contribution is -2.46. The summed E-state index contributed by atoms with van der Waals surface area (Å²) in [5, 5.41) is 7.26. The molecule has 1 aromatic rings. The van der Waals surface area contributed by atoms with E-state index in [4.69, 9.17) is 4.98 Å². The van der Waals surface area contributed by atoms with E-state index in [2.05, 4.69) is 32.7 Å². The predicted octanol–water partition coefficient (Wildman–Crippen LogP) is 3.21. The van der Waals surface area contributed by atoms with E-state index in [0.717, 1.165) is 61.9 Å². The molecule has 0 aromatic carbocycles. The molecular formula is C22H37N5OS. The highest BCUT2D eigenvalue weighted by molar-refractivity contribution is 7.85. The second-order valence-electron chi connectivity index (χ2n) is 8.15. The molecule has 2 heterocycles. The van der Waals surface area contributed by atoms with Crippen molar-refractivity contribution in [2.75, 3.05) is 30.8 Å². The number of pyridine rings is 1. The zero-order chi connectivity index (χ0) is 20.5. The Bertz CT molecular complexity index is 670. The molecule has 3 rings (SSSR count). The van der Waals surface area contributed by atoms with Crippen LogP contribution in [0, 0.1) is 0 Å². The molecule has 2 aliphatic rings. The maximum Gasteiger partial charge on any atom is 0.191 e. The minimum Gasteiger partial charge on any atom is -0.357 e. The first kappa shape index (κ1) is 22.1. The number of hydrogen-bond acceptors (Lipinski definition) is 4. The fourth-order valence-electron chi connectivity index (χ4n) is 4.33. The second-order valence-corrected chi connectivity index (χ2v) is 10.2. The minimum atomic E-state index is -0.703. The quantitative estimate of drug-likeness (QED) is 0.547. The van der Waals surface area contributed by atoms with Crippen LogP contribution in [-0.4, -0.2) is 52.3 Å². The Kier molecular flexibility index (Phi) is 8.77. The molecule has 2 N–H and O–H groups in total. The van der Waals surface area contributed by atoms with Crippen molar-refractivity contribution >= 4 is 22.6 Å². The molecule has 1 saturated carbocycles. The second kappa shape index (κ2) is 11.5. The maximum atomic E-state index is 12.2. The van der Waals surface area contributed by atoms with Crippen LogP contribution in [0.4, 0.5) is 5.82 Å². The first-order chi connectivity index (χ1) is 14.2. The van der Waals surface area contributed by atoms with Crippen LogP contribution in [0.25, 0.3) is 0 Å². The predicted molar refractivity (Wildman–Crippen MR) is 123 cm³/mol. The number of nitrogens with zero attached hydrogens (tertiary/aromatic N) is 3. The average Bonchev–Trinajstić information content (AvgIpc) is 3.06. The van der Waals surface area contributed by atoms with Crippen molar-refractivity contribution in [3.63, 3.8) is 0 Å².